The van der Waals surface area contributed by atoms with Gasteiger partial charge in [0.1, 0.15) is 5.75 Å². The molecular weight excluding hydrogens is 379 g/mol. The van der Waals surface area contributed by atoms with Crippen LogP contribution in [0, 0.1) is 0 Å². The molecule has 0 unspecified atom stereocenters. The number of amides is 1. The standard InChI is InChI=1S/C18H18Cl2N2O2S/c19-13-1-6-16(20)17(11-13)25-12-18(24)22-9-7-21(8-10-22)14-2-4-15(23)5-3-14/h1-6,11,23H,7-10,12H2. The Kier molecular flexibility index (Phi) is 5.99. The number of phenols is 1. The fourth-order valence-corrected chi connectivity index (χ4v) is 4.09. The topological polar surface area (TPSA) is 43.8 Å². The number of rotatable bonds is 4. The average Bonchev–Trinajstić information content (AvgIpc) is 2.63. The van der Waals surface area contributed by atoms with Crippen LogP contribution in [-0.4, -0.2) is 47.8 Å². The molecule has 0 atom stereocenters. The quantitative estimate of drug-likeness (QED) is 0.788. The largest absolute Gasteiger partial charge is 0.508 e. The highest BCUT2D eigenvalue weighted by molar-refractivity contribution is 8.00. The van der Waals surface area contributed by atoms with Crippen LogP contribution in [0.25, 0.3) is 0 Å². The molecule has 25 heavy (non-hydrogen) atoms. The van der Waals surface area contributed by atoms with E-state index in [-0.39, 0.29) is 11.7 Å². The van der Waals surface area contributed by atoms with Crippen molar-refractivity contribution in [1.29, 1.82) is 0 Å². The van der Waals surface area contributed by atoms with E-state index >= 15 is 0 Å². The first kappa shape index (κ1) is 18.2. The Balaban J connectivity index is 1.51. The van der Waals surface area contributed by atoms with Gasteiger partial charge in [-0.15, -0.1) is 11.8 Å². The van der Waals surface area contributed by atoms with Crippen molar-refractivity contribution >= 4 is 46.6 Å². The summed E-state index contributed by atoms with van der Waals surface area (Å²) in [6.45, 7) is 2.92. The molecule has 0 bridgehead atoms. The molecule has 0 spiro atoms. The van der Waals surface area contributed by atoms with Gasteiger partial charge < -0.3 is 14.9 Å². The number of carbonyl (C=O) groups excluding carboxylic acids is 1. The second-order valence-corrected chi connectivity index (χ2v) is 7.61. The van der Waals surface area contributed by atoms with Gasteiger partial charge in [0.25, 0.3) is 0 Å². The van der Waals surface area contributed by atoms with E-state index in [1.807, 2.05) is 17.0 Å². The molecule has 0 aromatic heterocycles. The van der Waals surface area contributed by atoms with E-state index in [4.69, 9.17) is 23.2 Å². The van der Waals surface area contributed by atoms with Gasteiger partial charge in [-0.2, -0.15) is 0 Å². The normalized spacial score (nSPS) is 14.6. The molecule has 1 aliphatic rings. The van der Waals surface area contributed by atoms with Crippen molar-refractivity contribution in [3.05, 3.63) is 52.5 Å². The SMILES string of the molecule is O=C(CSc1cc(Cl)ccc1Cl)N1CCN(c2ccc(O)cc2)CC1. The maximum Gasteiger partial charge on any atom is 0.233 e. The smallest absolute Gasteiger partial charge is 0.233 e. The van der Waals surface area contributed by atoms with Crippen LogP contribution >= 0.6 is 35.0 Å². The van der Waals surface area contributed by atoms with Crippen LogP contribution < -0.4 is 4.90 Å². The third-order valence-corrected chi connectivity index (χ3v) is 5.81. The molecule has 1 amide bonds. The van der Waals surface area contributed by atoms with Gasteiger partial charge in [-0.3, -0.25) is 4.79 Å². The number of thioether (sulfide) groups is 1. The van der Waals surface area contributed by atoms with Crippen LogP contribution in [-0.2, 0) is 4.79 Å². The molecule has 1 N–H and O–H groups in total. The summed E-state index contributed by atoms with van der Waals surface area (Å²) in [4.78, 5) is 17.3. The van der Waals surface area contributed by atoms with E-state index < -0.39 is 0 Å². The van der Waals surface area contributed by atoms with Crippen LogP contribution in [0.15, 0.2) is 47.4 Å². The molecule has 1 saturated heterocycles. The zero-order valence-corrected chi connectivity index (χ0v) is 15.8. The lowest BCUT2D eigenvalue weighted by Crippen LogP contribution is -2.49. The van der Waals surface area contributed by atoms with Crippen LogP contribution in [0.3, 0.4) is 0 Å². The molecular formula is C18H18Cl2N2O2S. The van der Waals surface area contributed by atoms with Crippen molar-refractivity contribution in [2.75, 3.05) is 36.8 Å². The Morgan fingerprint density at radius 2 is 1.72 bits per heavy atom. The van der Waals surface area contributed by atoms with Crippen LogP contribution in [0.5, 0.6) is 5.75 Å². The van der Waals surface area contributed by atoms with Crippen molar-refractivity contribution in [3.63, 3.8) is 0 Å². The van der Waals surface area contributed by atoms with Gasteiger partial charge in [0.2, 0.25) is 5.91 Å². The van der Waals surface area contributed by atoms with Crippen molar-refractivity contribution < 1.29 is 9.90 Å². The number of nitrogens with zero attached hydrogens (tertiary/aromatic N) is 2. The Bertz CT molecular complexity index is 747. The molecule has 0 radical (unpaired) electrons. The monoisotopic (exact) mass is 396 g/mol. The minimum atomic E-state index is 0.103. The first-order valence-corrected chi connectivity index (χ1v) is 9.67. The third kappa shape index (κ3) is 4.75. The molecule has 1 heterocycles. The number of carbonyl (C=O) groups is 1. The van der Waals surface area contributed by atoms with E-state index in [0.717, 1.165) is 23.7 Å². The summed E-state index contributed by atoms with van der Waals surface area (Å²) >= 11 is 13.5. The van der Waals surface area contributed by atoms with Crippen molar-refractivity contribution in [2.45, 2.75) is 4.90 Å². The maximum atomic E-state index is 12.4. The fraction of sp³-hybridized carbons (Fsp3) is 0.278. The fourth-order valence-electron chi connectivity index (χ4n) is 2.70. The zero-order chi connectivity index (χ0) is 17.8. The number of hydrogen-bond donors (Lipinski definition) is 1. The highest BCUT2D eigenvalue weighted by atomic mass is 35.5. The first-order chi connectivity index (χ1) is 12.0. The summed E-state index contributed by atoms with van der Waals surface area (Å²) in [5.41, 5.74) is 1.06. The zero-order valence-electron chi connectivity index (χ0n) is 13.5. The number of halogens is 2. The van der Waals surface area contributed by atoms with Crippen LogP contribution in [0.4, 0.5) is 5.69 Å². The lowest BCUT2D eigenvalue weighted by molar-refractivity contribution is -0.128. The summed E-state index contributed by atoms with van der Waals surface area (Å²) in [5.74, 6) is 0.708. The average molecular weight is 397 g/mol. The van der Waals surface area contributed by atoms with E-state index in [2.05, 4.69) is 4.90 Å². The van der Waals surface area contributed by atoms with Crippen LogP contribution in [0.1, 0.15) is 0 Å². The molecule has 7 heteroatoms. The summed E-state index contributed by atoms with van der Waals surface area (Å²) in [6, 6.07) is 12.4. The lowest BCUT2D eigenvalue weighted by Gasteiger charge is -2.36. The van der Waals surface area contributed by atoms with Crippen molar-refractivity contribution in [3.8, 4) is 5.75 Å². The second-order valence-electron chi connectivity index (χ2n) is 5.75. The molecule has 3 rings (SSSR count). The van der Waals surface area contributed by atoms with Gasteiger partial charge >= 0.3 is 0 Å². The summed E-state index contributed by atoms with van der Waals surface area (Å²) in [5, 5.41) is 10.6. The molecule has 0 saturated carbocycles. The van der Waals surface area contributed by atoms with Gasteiger partial charge in [0.15, 0.2) is 0 Å². The predicted molar refractivity (Wildman–Crippen MR) is 104 cm³/mol. The van der Waals surface area contributed by atoms with Gasteiger partial charge in [-0.25, -0.2) is 0 Å². The minimum Gasteiger partial charge on any atom is -0.508 e. The first-order valence-electron chi connectivity index (χ1n) is 7.92. The number of anilines is 1. The van der Waals surface area contributed by atoms with Gasteiger partial charge in [-0.1, -0.05) is 23.2 Å². The van der Waals surface area contributed by atoms with Gasteiger partial charge in [0.05, 0.1) is 10.8 Å². The number of aromatic hydroxyl groups is 1. The van der Waals surface area contributed by atoms with E-state index in [0.29, 0.717) is 28.9 Å². The molecule has 0 aliphatic carbocycles. The number of hydrogen-bond acceptors (Lipinski definition) is 4. The highest BCUT2D eigenvalue weighted by Gasteiger charge is 2.21. The molecule has 2 aromatic rings. The minimum absolute atomic E-state index is 0.103. The Morgan fingerprint density at radius 3 is 2.40 bits per heavy atom. The van der Waals surface area contributed by atoms with E-state index in [9.17, 15) is 9.90 Å². The predicted octanol–water partition coefficient (Wildman–Crippen LogP) is 4.14. The van der Waals surface area contributed by atoms with Gasteiger partial charge in [-0.05, 0) is 42.5 Å². The van der Waals surface area contributed by atoms with Crippen molar-refractivity contribution in [1.82, 2.24) is 4.90 Å². The molecule has 1 aliphatic heterocycles. The number of phenolic OH excluding ortho intramolecular Hbond substituents is 1. The lowest BCUT2D eigenvalue weighted by atomic mass is 10.2. The second kappa shape index (κ2) is 8.21. The summed E-state index contributed by atoms with van der Waals surface area (Å²) in [7, 11) is 0. The summed E-state index contributed by atoms with van der Waals surface area (Å²) in [6.07, 6.45) is 0. The van der Waals surface area contributed by atoms with E-state index in [1.54, 1.807) is 30.3 Å². The third-order valence-electron chi connectivity index (χ3n) is 4.09. The number of piperazine rings is 1. The summed E-state index contributed by atoms with van der Waals surface area (Å²) < 4.78 is 0. The van der Waals surface area contributed by atoms with Gasteiger partial charge in [0, 0.05) is 41.8 Å². The van der Waals surface area contributed by atoms with Crippen molar-refractivity contribution in [2.24, 2.45) is 0 Å². The molecule has 1 fully saturated rings. The highest BCUT2D eigenvalue weighted by Crippen LogP contribution is 2.30. The molecule has 132 valence electrons. The Hall–Kier alpha value is -1.56. The van der Waals surface area contributed by atoms with Crippen LogP contribution in [0.2, 0.25) is 10.0 Å². The maximum absolute atomic E-state index is 12.4. The Morgan fingerprint density at radius 1 is 1.04 bits per heavy atom. The number of benzene rings is 2. The molecule has 4 nitrogen and oxygen atoms in total. The Labute approximate surface area is 161 Å². The molecule has 2 aromatic carbocycles. The van der Waals surface area contributed by atoms with E-state index in [1.165, 1.54) is 11.8 Å².